The lowest BCUT2D eigenvalue weighted by Gasteiger charge is -2.26. The van der Waals surface area contributed by atoms with Crippen LogP contribution in [0.5, 0.6) is 5.75 Å². The minimum Gasteiger partial charge on any atom is -0.496 e. The van der Waals surface area contributed by atoms with E-state index in [4.69, 9.17) is 9.47 Å². The van der Waals surface area contributed by atoms with Gasteiger partial charge in [0.1, 0.15) is 5.75 Å². The van der Waals surface area contributed by atoms with Crippen LogP contribution in [-0.4, -0.2) is 71.2 Å². The van der Waals surface area contributed by atoms with Crippen LogP contribution in [0, 0.1) is 0 Å². The van der Waals surface area contributed by atoms with Gasteiger partial charge in [-0.25, -0.2) is 13.2 Å². The van der Waals surface area contributed by atoms with Crippen molar-refractivity contribution in [2.75, 3.05) is 56.7 Å². The van der Waals surface area contributed by atoms with Crippen LogP contribution >= 0.6 is 0 Å². The molecule has 2 aliphatic rings. The van der Waals surface area contributed by atoms with Gasteiger partial charge in [-0.2, -0.15) is 4.31 Å². The first-order chi connectivity index (χ1) is 15.4. The molecule has 10 nitrogen and oxygen atoms in total. The predicted molar refractivity (Wildman–Crippen MR) is 118 cm³/mol. The monoisotopic (exact) mass is 460 g/mol. The van der Waals surface area contributed by atoms with Gasteiger partial charge in [0.2, 0.25) is 10.0 Å². The average molecular weight is 461 g/mol. The second-order valence-corrected chi connectivity index (χ2v) is 9.20. The standard InChI is InChI=1S/C21H24N4O6S/c1-30-19-7-6-17(32(28,29)24-10-12-31-13-11-24)14-18(19)20(26)23-15-2-4-16(5-3-15)25-9-8-22-21(25)27/h2-7,14H,8-13H2,1H3,(H,22,27)(H,23,26). The summed E-state index contributed by atoms with van der Waals surface area (Å²) in [4.78, 5) is 26.4. The van der Waals surface area contributed by atoms with E-state index in [2.05, 4.69) is 10.6 Å². The molecule has 2 aromatic carbocycles. The molecule has 0 atom stereocenters. The third kappa shape index (κ3) is 4.40. The van der Waals surface area contributed by atoms with E-state index in [9.17, 15) is 18.0 Å². The molecule has 0 spiro atoms. The molecule has 32 heavy (non-hydrogen) atoms. The summed E-state index contributed by atoms with van der Waals surface area (Å²) >= 11 is 0. The van der Waals surface area contributed by atoms with Crippen molar-refractivity contribution in [3.05, 3.63) is 48.0 Å². The van der Waals surface area contributed by atoms with Crippen LogP contribution in [0.1, 0.15) is 10.4 Å². The number of amides is 3. The molecule has 0 aromatic heterocycles. The summed E-state index contributed by atoms with van der Waals surface area (Å²) in [5.74, 6) is -0.249. The predicted octanol–water partition coefficient (Wildman–Crippen LogP) is 1.50. The van der Waals surface area contributed by atoms with Crippen molar-refractivity contribution in [2.45, 2.75) is 4.90 Å². The van der Waals surface area contributed by atoms with Crippen LogP contribution in [0.2, 0.25) is 0 Å². The van der Waals surface area contributed by atoms with Gasteiger partial charge in [-0.3, -0.25) is 9.69 Å². The van der Waals surface area contributed by atoms with E-state index in [1.807, 2.05) is 0 Å². The van der Waals surface area contributed by atoms with E-state index in [0.717, 1.165) is 0 Å². The number of carbonyl (C=O) groups excluding carboxylic acids is 2. The van der Waals surface area contributed by atoms with Gasteiger partial charge in [0.25, 0.3) is 5.91 Å². The largest absolute Gasteiger partial charge is 0.496 e. The van der Waals surface area contributed by atoms with E-state index in [0.29, 0.717) is 37.7 Å². The third-order valence-electron chi connectivity index (χ3n) is 5.32. The minimum absolute atomic E-state index is 0.0146. The molecule has 2 N–H and O–H groups in total. The quantitative estimate of drug-likeness (QED) is 0.675. The number of hydrogen-bond acceptors (Lipinski definition) is 6. The average Bonchev–Trinajstić information content (AvgIpc) is 3.25. The van der Waals surface area contributed by atoms with Crippen LogP contribution in [0.3, 0.4) is 0 Å². The van der Waals surface area contributed by atoms with Crippen molar-refractivity contribution in [3.8, 4) is 5.75 Å². The zero-order valence-corrected chi connectivity index (χ0v) is 18.4. The van der Waals surface area contributed by atoms with Gasteiger partial charge in [0, 0.05) is 37.6 Å². The first kappa shape index (κ1) is 22.1. The molecule has 2 saturated heterocycles. The molecule has 0 radical (unpaired) electrons. The maximum atomic E-state index is 13.0. The number of benzene rings is 2. The van der Waals surface area contributed by atoms with Crippen molar-refractivity contribution in [3.63, 3.8) is 0 Å². The summed E-state index contributed by atoms with van der Waals surface area (Å²) in [5, 5.41) is 5.49. The SMILES string of the molecule is COc1ccc(S(=O)(=O)N2CCOCC2)cc1C(=O)Nc1ccc(N2CCNC2=O)cc1. The Bertz CT molecular complexity index is 1110. The van der Waals surface area contributed by atoms with Crippen LogP contribution in [0.25, 0.3) is 0 Å². The number of carbonyl (C=O) groups is 2. The number of urea groups is 1. The van der Waals surface area contributed by atoms with Gasteiger partial charge in [-0.05, 0) is 42.5 Å². The van der Waals surface area contributed by atoms with Crippen molar-refractivity contribution < 1.29 is 27.5 Å². The topological polar surface area (TPSA) is 117 Å². The zero-order valence-electron chi connectivity index (χ0n) is 17.5. The molecule has 2 aromatic rings. The Labute approximate surface area is 186 Å². The number of morpholine rings is 1. The smallest absolute Gasteiger partial charge is 0.321 e. The number of methoxy groups -OCH3 is 1. The summed E-state index contributed by atoms with van der Waals surface area (Å²) < 4.78 is 37.8. The first-order valence-corrected chi connectivity index (χ1v) is 11.6. The molecule has 3 amide bonds. The summed E-state index contributed by atoms with van der Waals surface area (Å²) in [7, 11) is -2.35. The molecule has 11 heteroatoms. The molecule has 0 saturated carbocycles. The molecule has 2 heterocycles. The Balaban J connectivity index is 1.55. The lowest BCUT2D eigenvalue weighted by Crippen LogP contribution is -2.40. The van der Waals surface area contributed by atoms with Crippen LogP contribution in [0.15, 0.2) is 47.4 Å². The van der Waals surface area contributed by atoms with Crippen LogP contribution in [0.4, 0.5) is 16.2 Å². The fourth-order valence-corrected chi connectivity index (χ4v) is 5.04. The third-order valence-corrected chi connectivity index (χ3v) is 7.21. The highest BCUT2D eigenvalue weighted by atomic mass is 32.2. The lowest BCUT2D eigenvalue weighted by atomic mass is 10.1. The van der Waals surface area contributed by atoms with E-state index in [1.54, 1.807) is 29.2 Å². The summed E-state index contributed by atoms with van der Waals surface area (Å²) in [6.07, 6.45) is 0. The fraction of sp³-hybridized carbons (Fsp3) is 0.333. The first-order valence-electron chi connectivity index (χ1n) is 10.1. The van der Waals surface area contributed by atoms with E-state index in [-0.39, 0.29) is 35.3 Å². The van der Waals surface area contributed by atoms with Crippen molar-refractivity contribution in [1.29, 1.82) is 0 Å². The number of rotatable bonds is 6. The number of nitrogens with zero attached hydrogens (tertiary/aromatic N) is 2. The Morgan fingerprint density at radius 1 is 1.09 bits per heavy atom. The van der Waals surface area contributed by atoms with Gasteiger partial charge >= 0.3 is 6.03 Å². The number of hydrogen-bond donors (Lipinski definition) is 2. The molecule has 0 aliphatic carbocycles. The van der Waals surface area contributed by atoms with Crippen LogP contribution < -0.4 is 20.3 Å². The number of nitrogens with one attached hydrogen (secondary N) is 2. The molecule has 0 bridgehead atoms. The van der Waals surface area contributed by atoms with Gasteiger partial charge < -0.3 is 20.1 Å². The molecule has 2 fully saturated rings. The Morgan fingerprint density at radius 2 is 1.81 bits per heavy atom. The molecule has 4 rings (SSSR count). The molecule has 170 valence electrons. The Kier molecular flexibility index (Phi) is 6.31. The van der Waals surface area contributed by atoms with Crippen LogP contribution in [-0.2, 0) is 14.8 Å². The summed E-state index contributed by atoms with van der Waals surface area (Å²) in [5.41, 5.74) is 1.32. The molecule has 2 aliphatic heterocycles. The van der Waals surface area contributed by atoms with E-state index >= 15 is 0 Å². The van der Waals surface area contributed by atoms with Gasteiger partial charge in [-0.15, -0.1) is 0 Å². The van der Waals surface area contributed by atoms with E-state index < -0.39 is 15.9 Å². The van der Waals surface area contributed by atoms with Crippen molar-refractivity contribution in [1.82, 2.24) is 9.62 Å². The highest BCUT2D eigenvalue weighted by Crippen LogP contribution is 2.27. The van der Waals surface area contributed by atoms with Crippen molar-refractivity contribution >= 4 is 33.3 Å². The minimum atomic E-state index is -3.76. The molecule has 0 unspecified atom stereocenters. The van der Waals surface area contributed by atoms with Crippen molar-refractivity contribution in [2.24, 2.45) is 0 Å². The second-order valence-electron chi connectivity index (χ2n) is 7.26. The summed E-state index contributed by atoms with van der Waals surface area (Å²) in [6, 6.07) is 10.9. The van der Waals surface area contributed by atoms with E-state index in [1.165, 1.54) is 29.6 Å². The Morgan fingerprint density at radius 3 is 2.44 bits per heavy atom. The Hall–Kier alpha value is -3.15. The number of ether oxygens (including phenoxy) is 2. The normalized spacial score (nSPS) is 17.2. The number of anilines is 2. The zero-order chi connectivity index (χ0) is 22.7. The highest BCUT2D eigenvalue weighted by Gasteiger charge is 2.28. The maximum absolute atomic E-state index is 13.0. The fourth-order valence-electron chi connectivity index (χ4n) is 3.60. The van der Waals surface area contributed by atoms with Gasteiger partial charge in [0.15, 0.2) is 0 Å². The highest BCUT2D eigenvalue weighted by molar-refractivity contribution is 7.89. The van der Waals surface area contributed by atoms with Gasteiger partial charge in [0.05, 0.1) is 30.8 Å². The number of sulfonamides is 1. The lowest BCUT2D eigenvalue weighted by molar-refractivity contribution is 0.0730. The van der Waals surface area contributed by atoms with Gasteiger partial charge in [-0.1, -0.05) is 0 Å². The summed E-state index contributed by atoms with van der Waals surface area (Å²) in [6.45, 7) is 2.34. The maximum Gasteiger partial charge on any atom is 0.321 e. The second kappa shape index (κ2) is 9.15. The molecular weight excluding hydrogens is 436 g/mol. The molecular formula is C21H24N4O6S.